The van der Waals surface area contributed by atoms with Gasteiger partial charge in [0.25, 0.3) is 0 Å². The average molecular weight is 329 g/mol. The minimum Gasteiger partial charge on any atom is -0.325 e. The maximum Gasteiger partial charge on any atom is 0.228 e. The van der Waals surface area contributed by atoms with Gasteiger partial charge in [0.15, 0.2) is 5.78 Å². The van der Waals surface area contributed by atoms with Gasteiger partial charge in [-0.15, -0.1) is 0 Å². The highest BCUT2D eigenvalue weighted by molar-refractivity contribution is 6.14. The Balaban J connectivity index is 1.84. The molecule has 3 rings (SSSR count). The Bertz CT molecular complexity index is 886. The first-order valence-corrected chi connectivity index (χ1v) is 8.17. The lowest BCUT2D eigenvalue weighted by molar-refractivity contribution is -0.115. The molecule has 0 aliphatic carbocycles. The van der Waals surface area contributed by atoms with Crippen LogP contribution in [0, 0.1) is 6.92 Å². The number of hydrogen-bond donors (Lipinski definition) is 1. The average Bonchev–Trinajstić information content (AvgIpc) is 2.64. The fourth-order valence-electron chi connectivity index (χ4n) is 2.68. The normalized spacial score (nSPS) is 10.3. The molecule has 124 valence electrons. The minimum absolute atomic E-state index is 0.0979. The van der Waals surface area contributed by atoms with Crippen molar-refractivity contribution in [2.45, 2.75) is 13.3 Å². The number of anilines is 1. The van der Waals surface area contributed by atoms with Crippen LogP contribution in [0.2, 0.25) is 0 Å². The van der Waals surface area contributed by atoms with Gasteiger partial charge >= 0.3 is 0 Å². The van der Waals surface area contributed by atoms with Crippen molar-refractivity contribution in [3.05, 3.63) is 101 Å². The Labute approximate surface area is 147 Å². The van der Waals surface area contributed by atoms with Gasteiger partial charge in [-0.3, -0.25) is 9.59 Å². The van der Waals surface area contributed by atoms with Crippen LogP contribution in [-0.4, -0.2) is 11.7 Å². The number of benzene rings is 3. The van der Waals surface area contributed by atoms with E-state index in [1.807, 2.05) is 67.6 Å². The molecule has 3 heteroatoms. The summed E-state index contributed by atoms with van der Waals surface area (Å²) >= 11 is 0. The summed E-state index contributed by atoms with van der Waals surface area (Å²) in [5.41, 5.74) is 3.56. The summed E-state index contributed by atoms with van der Waals surface area (Å²) in [5, 5.41) is 2.88. The molecule has 1 N–H and O–H groups in total. The van der Waals surface area contributed by atoms with Gasteiger partial charge in [0.05, 0.1) is 12.1 Å². The van der Waals surface area contributed by atoms with Gasteiger partial charge < -0.3 is 5.32 Å². The van der Waals surface area contributed by atoms with E-state index in [-0.39, 0.29) is 18.1 Å². The Hall–Kier alpha value is -3.20. The van der Waals surface area contributed by atoms with Gasteiger partial charge in [0.2, 0.25) is 5.91 Å². The molecule has 0 aromatic heterocycles. The number of nitrogens with one attached hydrogen (secondary N) is 1. The van der Waals surface area contributed by atoms with Crippen molar-refractivity contribution < 1.29 is 9.59 Å². The molecule has 0 aliphatic heterocycles. The molecule has 0 atom stereocenters. The van der Waals surface area contributed by atoms with Gasteiger partial charge in [-0.25, -0.2) is 0 Å². The van der Waals surface area contributed by atoms with Crippen molar-refractivity contribution in [2.24, 2.45) is 0 Å². The lowest BCUT2D eigenvalue weighted by atomic mass is 9.99. The van der Waals surface area contributed by atoms with Crippen LogP contribution in [0.1, 0.15) is 27.0 Å². The highest BCUT2D eigenvalue weighted by atomic mass is 16.1. The van der Waals surface area contributed by atoms with Crippen LogP contribution >= 0.6 is 0 Å². The number of aryl methyl sites for hydroxylation is 1. The van der Waals surface area contributed by atoms with Gasteiger partial charge in [0.1, 0.15) is 0 Å². The molecule has 0 unspecified atom stereocenters. The van der Waals surface area contributed by atoms with Crippen LogP contribution in [0.15, 0.2) is 78.9 Å². The Kier molecular flexibility index (Phi) is 5.05. The number of carbonyl (C=O) groups is 2. The molecule has 0 aliphatic rings. The van der Waals surface area contributed by atoms with Crippen LogP contribution in [-0.2, 0) is 11.2 Å². The Morgan fingerprint density at radius 1 is 0.840 bits per heavy atom. The summed E-state index contributed by atoms with van der Waals surface area (Å²) in [6.07, 6.45) is 0.272. The molecule has 3 nitrogen and oxygen atoms in total. The van der Waals surface area contributed by atoms with Crippen molar-refractivity contribution in [3.8, 4) is 0 Å². The topological polar surface area (TPSA) is 46.2 Å². The first-order chi connectivity index (χ1) is 12.1. The summed E-state index contributed by atoms with van der Waals surface area (Å²) in [4.78, 5) is 25.2. The predicted molar refractivity (Wildman–Crippen MR) is 99.8 cm³/mol. The summed E-state index contributed by atoms with van der Waals surface area (Å²) in [6, 6.07) is 24.1. The van der Waals surface area contributed by atoms with Crippen LogP contribution in [0.25, 0.3) is 0 Å². The molecule has 0 bridgehead atoms. The lowest BCUT2D eigenvalue weighted by Gasteiger charge is -2.12. The number of rotatable bonds is 5. The molecule has 1 amide bonds. The number of hydrogen-bond acceptors (Lipinski definition) is 2. The third-order valence-corrected chi connectivity index (χ3v) is 3.94. The monoisotopic (exact) mass is 329 g/mol. The first kappa shape index (κ1) is 16.7. The molecule has 3 aromatic rings. The largest absolute Gasteiger partial charge is 0.325 e. The fraction of sp³-hybridized carbons (Fsp3) is 0.0909. The summed E-state index contributed by atoms with van der Waals surface area (Å²) in [7, 11) is 0. The van der Waals surface area contributed by atoms with Gasteiger partial charge in [-0.05, 0) is 24.6 Å². The molecular formula is C22H19NO2. The highest BCUT2D eigenvalue weighted by Gasteiger charge is 2.15. The number of amides is 1. The van der Waals surface area contributed by atoms with E-state index in [0.29, 0.717) is 16.8 Å². The number of ketones is 1. The van der Waals surface area contributed by atoms with E-state index in [9.17, 15) is 9.59 Å². The quantitative estimate of drug-likeness (QED) is 0.705. The number of carbonyl (C=O) groups excluding carboxylic acids is 2. The molecular weight excluding hydrogens is 310 g/mol. The van der Waals surface area contributed by atoms with E-state index >= 15 is 0 Å². The van der Waals surface area contributed by atoms with Crippen molar-refractivity contribution in [2.75, 3.05) is 5.32 Å². The van der Waals surface area contributed by atoms with Crippen molar-refractivity contribution in [1.82, 2.24) is 0 Å². The highest BCUT2D eigenvalue weighted by Crippen LogP contribution is 2.21. The predicted octanol–water partition coefficient (Wildman–Crippen LogP) is 4.41. The molecule has 0 fully saturated rings. The smallest absolute Gasteiger partial charge is 0.228 e. The van der Waals surface area contributed by atoms with E-state index < -0.39 is 0 Å². The second-order valence-corrected chi connectivity index (χ2v) is 5.95. The fourth-order valence-corrected chi connectivity index (χ4v) is 2.68. The standard InChI is InChI=1S/C22H19NO2/c1-16-12-13-20(23-21(24)15-17-8-4-2-5-9-17)19(14-16)22(25)18-10-6-3-7-11-18/h2-14H,15H2,1H3,(H,23,24). The second-order valence-electron chi connectivity index (χ2n) is 5.95. The molecule has 0 saturated carbocycles. The molecule has 3 aromatic carbocycles. The molecule has 0 saturated heterocycles. The molecule has 25 heavy (non-hydrogen) atoms. The van der Waals surface area contributed by atoms with Crippen molar-refractivity contribution in [3.63, 3.8) is 0 Å². The first-order valence-electron chi connectivity index (χ1n) is 8.17. The van der Waals surface area contributed by atoms with Crippen LogP contribution in [0.5, 0.6) is 0 Å². The Morgan fingerprint density at radius 2 is 1.48 bits per heavy atom. The van der Waals surface area contributed by atoms with Crippen LogP contribution in [0.4, 0.5) is 5.69 Å². The van der Waals surface area contributed by atoms with E-state index in [1.54, 1.807) is 18.2 Å². The maximum atomic E-state index is 12.8. The lowest BCUT2D eigenvalue weighted by Crippen LogP contribution is -2.17. The van der Waals surface area contributed by atoms with Crippen molar-refractivity contribution in [1.29, 1.82) is 0 Å². The second kappa shape index (κ2) is 7.58. The zero-order valence-electron chi connectivity index (χ0n) is 14.0. The summed E-state index contributed by atoms with van der Waals surface area (Å²) in [6.45, 7) is 1.93. The van der Waals surface area contributed by atoms with E-state index in [1.165, 1.54) is 0 Å². The van der Waals surface area contributed by atoms with Crippen LogP contribution in [0.3, 0.4) is 0 Å². The van der Waals surface area contributed by atoms with E-state index in [2.05, 4.69) is 5.32 Å². The van der Waals surface area contributed by atoms with Gasteiger partial charge in [-0.1, -0.05) is 72.3 Å². The summed E-state index contributed by atoms with van der Waals surface area (Å²) in [5.74, 6) is -0.239. The summed E-state index contributed by atoms with van der Waals surface area (Å²) < 4.78 is 0. The Morgan fingerprint density at radius 3 is 2.16 bits per heavy atom. The maximum absolute atomic E-state index is 12.8. The van der Waals surface area contributed by atoms with Crippen LogP contribution < -0.4 is 5.32 Å². The molecule has 0 radical (unpaired) electrons. The van der Waals surface area contributed by atoms with E-state index in [4.69, 9.17) is 0 Å². The van der Waals surface area contributed by atoms with Gasteiger partial charge in [0, 0.05) is 11.1 Å². The zero-order chi connectivity index (χ0) is 17.6. The third-order valence-electron chi connectivity index (χ3n) is 3.94. The minimum atomic E-state index is -0.142. The SMILES string of the molecule is Cc1ccc(NC(=O)Cc2ccccc2)c(C(=O)c2ccccc2)c1. The van der Waals surface area contributed by atoms with Crippen molar-refractivity contribution >= 4 is 17.4 Å². The van der Waals surface area contributed by atoms with Gasteiger partial charge in [-0.2, -0.15) is 0 Å². The molecule has 0 heterocycles. The zero-order valence-corrected chi connectivity index (χ0v) is 14.0. The molecule has 0 spiro atoms. The third kappa shape index (κ3) is 4.21. The van der Waals surface area contributed by atoms with E-state index in [0.717, 1.165) is 11.1 Å².